The highest BCUT2D eigenvalue weighted by Crippen LogP contribution is 1.03. The molecule has 0 unspecified atom stereocenters. The molecular formula is CH4Cl2S. The van der Waals surface area contributed by atoms with Crippen LogP contribution in [0.15, 0.2) is 0 Å². The maximum absolute atomic E-state index is 3.83. The predicted octanol–water partition coefficient (Wildman–Crippen LogP) is 1.46. The Morgan fingerprint density at radius 1 is 1.00 bits per heavy atom. The summed E-state index contributed by atoms with van der Waals surface area (Å²) in [5.41, 5.74) is 0. The van der Waals surface area contributed by atoms with Crippen LogP contribution < -0.4 is 0 Å². The van der Waals surface area contributed by atoms with Crippen LogP contribution in [0.25, 0.3) is 0 Å². The van der Waals surface area contributed by atoms with Crippen LogP contribution >= 0.6 is 37.0 Å². The van der Waals surface area contributed by atoms with E-state index >= 15 is 0 Å². The lowest BCUT2D eigenvalue weighted by Crippen LogP contribution is -0.660. The predicted molar refractivity (Wildman–Crippen MR) is 29.2 cm³/mol. The van der Waals surface area contributed by atoms with Crippen molar-refractivity contribution in [2.24, 2.45) is 0 Å². The van der Waals surface area contributed by atoms with E-state index in [1.807, 2.05) is 0 Å². The SMILES string of the molecule is C=S.Cl.Cl. The average molecular weight is 119 g/mol. The molecule has 0 aliphatic rings. The topological polar surface area (TPSA) is 0 Å². The number of hydrogen-bond acceptors (Lipinski definition) is 1. The molecule has 28 valence electrons. The Morgan fingerprint density at radius 3 is 1.00 bits per heavy atom. The zero-order chi connectivity index (χ0) is 2.00. The molecule has 0 heterocycles. The molecule has 0 aromatic heterocycles. The molecule has 0 amide bonds. The second-order valence-electron chi connectivity index (χ2n) is 0. The van der Waals surface area contributed by atoms with Crippen molar-refractivity contribution in [3.05, 3.63) is 0 Å². The Morgan fingerprint density at radius 2 is 1.00 bits per heavy atom. The maximum atomic E-state index is 3.83. The van der Waals surface area contributed by atoms with Crippen molar-refractivity contribution in [3.63, 3.8) is 0 Å². The van der Waals surface area contributed by atoms with Gasteiger partial charge in [-0.05, 0) is 5.87 Å². The molecule has 0 aliphatic carbocycles. The van der Waals surface area contributed by atoms with Crippen molar-refractivity contribution in [2.75, 3.05) is 0 Å². The van der Waals surface area contributed by atoms with Gasteiger partial charge in [0.25, 0.3) is 0 Å². The summed E-state index contributed by atoms with van der Waals surface area (Å²) in [4.78, 5) is 0. The molecule has 0 nitrogen and oxygen atoms in total. The Hall–Kier alpha value is 0.670. The van der Waals surface area contributed by atoms with Gasteiger partial charge in [-0.25, -0.2) is 0 Å². The van der Waals surface area contributed by atoms with E-state index < -0.39 is 0 Å². The zero-order valence-electron chi connectivity index (χ0n) is 1.93. The van der Waals surface area contributed by atoms with E-state index in [0.717, 1.165) is 0 Å². The molecule has 0 fully saturated rings. The number of rotatable bonds is 0. The fraction of sp³-hybridized carbons (Fsp3) is 0. The molecule has 0 aromatic rings. The van der Waals surface area contributed by atoms with Gasteiger partial charge in [-0.15, -0.1) is 24.8 Å². The Kier molecular flexibility index (Phi) is 329. The standard InChI is InChI=1S/CH2S.2ClH/c1-2;;/h1H2;2*1H. The van der Waals surface area contributed by atoms with Crippen LogP contribution in [0, 0.1) is 0 Å². The van der Waals surface area contributed by atoms with Crippen LogP contribution in [0.5, 0.6) is 0 Å². The molecule has 0 spiro atoms. The van der Waals surface area contributed by atoms with Crippen molar-refractivity contribution < 1.29 is 0 Å². The number of hydrogen-bond donors (Lipinski definition) is 0. The van der Waals surface area contributed by atoms with E-state index in [1.54, 1.807) is 0 Å². The van der Waals surface area contributed by atoms with Gasteiger partial charge in [0.05, 0.1) is 0 Å². The summed E-state index contributed by atoms with van der Waals surface area (Å²) in [5, 5.41) is 0. The second kappa shape index (κ2) is 58.3. The largest absolute Gasteiger partial charge is 0.147 e. The highest BCUT2D eigenvalue weighted by Gasteiger charge is 0.642. The molecule has 0 N–H and O–H groups in total. The lowest BCUT2D eigenvalue weighted by atomic mass is 12.0. The Labute approximate surface area is 43.4 Å². The summed E-state index contributed by atoms with van der Waals surface area (Å²) < 4.78 is 0. The molecule has 4 heavy (non-hydrogen) atoms. The molecular weight excluding hydrogens is 115 g/mol. The molecule has 0 atom stereocenters. The van der Waals surface area contributed by atoms with Crippen molar-refractivity contribution in [1.29, 1.82) is 0 Å². The van der Waals surface area contributed by atoms with Crippen molar-refractivity contribution in [3.8, 4) is 0 Å². The van der Waals surface area contributed by atoms with Crippen molar-refractivity contribution in [1.82, 2.24) is 0 Å². The lowest BCUT2D eigenvalue weighted by Gasteiger charge is -0.774. The summed E-state index contributed by atoms with van der Waals surface area (Å²) >= 11 is 3.83. The molecule has 0 aromatic carbocycles. The van der Waals surface area contributed by atoms with Gasteiger partial charge < -0.3 is 0 Å². The fourth-order valence-electron chi connectivity index (χ4n) is 0. The normalized spacial score (nSPS) is 1.00. The highest BCUT2D eigenvalue weighted by molar-refractivity contribution is 7.77. The van der Waals surface area contributed by atoms with E-state index in [9.17, 15) is 0 Å². The van der Waals surface area contributed by atoms with Gasteiger partial charge in [0.1, 0.15) is 0 Å². The second-order valence-corrected chi connectivity index (χ2v) is 0. The minimum atomic E-state index is 0. The van der Waals surface area contributed by atoms with Gasteiger partial charge in [-0.3, -0.25) is 0 Å². The summed E-state index contributed by atoms with van der Waals surface area (Å²) in [6.07, 6.45) is 0. The first-order chi connectivity index (χ1) is 1.00. The third-order valence-corrected chi connectivity index (χ3v) is 0. The molecule has 3 heteroatoms. The molecule has 0 rings (SSSR count). The van der Waals surface area contributed by atoms with E-state index in [-0.39, 0.29) is 24.8 Å². The maximum Gasteiger partial charge on any atom is -0.0351 e. The van der Waals surface area contributed by atoms with Crippen LogP contribution in [-0.2, 0) is 0 Å². The van der Waals surface area contributed by atoms with Crippen LogP contribution in [-0.4, -0.2) is 5.87 Å². The molecule has 0 saturated heterocycles. The highest BCUT2D eigenvalue weighted by atomic mass is 35.5. The zero-order valence-corrected chi connectivity index (χ0v) is 4.38. The van der Waals surface area contributed by atoms with Crippen LogP contribution in [0.3, 0.4) is 0 Å². The average Bonchev–Trinajstić information content (AvgIpc) is 1.00. The van der Waals surface area contributed by atoms with E-state index in [2.05, 4.69) is 18.1 Å². The van der Waals surface area contributed by atoms with Gasteiger partial charge in [-0.1, -0.05) is 12.2 Å². The summed E-state index contributed by atoms with van der Waals surface area (Å²) in [5.74, 6) is 2.83. The summed E-state index contributed by atoms with van der Waals surface area (Å²) in [6, 6.07) is 0. The van der Waals surface area contributed by atoms with Gasteiger partial charge in [0.2, 0.25) is 0 Å². The lowest BCUT2D eigenvalue weighted by molar-refractivity contribution is 4.83. The quantitative estimate of drug-likeness (QED) is 0.435. The van der Waals surface area contributed by atoms with E-state index in [4.69, 9.17) is 0 Å². The Bertz CT molecular complexity index is 6.00. The van der Waals surface area contributed by atoms with E-state index in [1.165, 1.54) is 0 Å². The van der Waals surface area contributed by atoms with Crippen molar-refractivity contribution in [2.45, 2.75) is 0 Å². The minimum absolute atomic E-state index is 0. The van der Waals surface area contributed by atoms with Crippen LogP contribution in [0.1, 0.15) is 0 Å². The minimum Gasteiger partial charge on any atom is -0.147 e. The Balaban J connectivity index is -0.00000000500. The summed E-state index contributed by atoms with van der Waals surface area (Å²) in [6.45, 7) is 0. The first-order valence-corrected chi connectivity index (χ1v) is 0.866. The van der Waals surface area contributed by atoms with Gasteiger partial charge in [-0.2, -0.15) is 0 Å². The fourth-order valence-corrected chi connectivity index (χ4v) is 0. The van der Waals surface area contributed by atoms with Gasteiger partial charge in [0.15, 0.2) is 0 Å². The molecule has 0 saturated carbocycles. The monoisotopic (exact) mass is 118 g/mol. The number of thiocarbonyl (C=S) groups is 1. The summed E-state index contributed by atoms with van der Waals surface area (Å²) in [7, 11) is 0. The first-order valence-electron chi connectivity index (χ1n) is 0.289. The van der Waals surface area contributed by atoms with Crippen LogP contribution in [0.2, 0.25) is 0 Å². The number of halogens is 2. The van der Waals surface area contributed by atoms with Crippen LogP contribution in [0.4, 0.5) is 0 Å². The third kappa shape index (κ3) is 16.6. The molecule has 0 bridgehead atoms. The third-order valence-electron chi connectivity index (χ3n) is 0. The van der Waals surface area contributed by atoms with Gasteiger partial charge in [0, 0.05) is 0 Å². The molecule has 0 aliphatic heterocycles. The smallest absolute Gasteiger partial charge is 0.0351 e. The first kappa shape index (κ1) is 22.6. The van der Waals surface area contributed by atoms with Gasteiger partial charge >= 0.3 is 0 Å². The van der Waals surface area contributed by atoms with E-state index in [0.29, 0.717) is 0 Å². The van der Waals surface area contributed by atoms with Crippen molar-refractivity contribution >= 4 is 42.9 Å². The molecule has 0 radical (unpaired) electrons.